The molecule has 0 aliphatic heterocycles. The van der Waals surface area contributed by atoms with Crippen LogP contribution in [0.2, 0.25) is 0 Å². The molecule has 0 bridgehead atoms. The summed E-state index contributed by atoms with van der Waals surface area (Å²) in [6.45, 7) is 0. The molecule has 8 heteroatoms. The fourth-order valence-corrected chi connectivity index (χ4v) is 5.00. The molecule has 1 aromatic heterocycles. The molecule has 2 aromatic carbocycles. The lowest BCUT2D eigenvalue weighted by Gasteiger charge is -2.16. The Labute approximate surface area is 160 Å². The van der Waals surface area contributed by atoms with Gasteiger partial charge >= 0.3 is 6.18 Å². The summed E-state index contributed by atoms with van der Waals surface area (Å²) >= 11 is 9.91. The Bertz CT molecular complexity index is 957. The monoisotopic (exact) mass is 523 g/mol. The summed E-state index contributed by atoms with van der Waals surface area (Å²) in [5.74, 6) is -0.0443. The average molecular weight is 526 g/mol. The van der Waals surface area contributed by atoms with E-state index in [9.17, 15) is 18.3 Å². The van der Waals surface area contributed by atoms with Gasteiger partial charge in [-0.25, -0.2) is 0 Å². The molecular weight excluding hydrogens is 519 g/mol. The predicted molar refractivity (Wildman–Crippen MR) is 96.9 cm³/mol. The van der Waals surface area contributed by atoms with Crippen molar-refractivity contribution >= 4 is 58.7 Å². The highest BCUT2D eigenvalue weighted by Crippen LogP contribution is 2.47. The predicted octanol–water partition coefficient (Wildman–Crippen LogP) is 6.91. The van der Waals surface area contributed by atoms with Gasteiger partial charge in [0, 0.05) is 27.2 Å². The summed E-state index contributed by atoms with van der Waals surface area (Å²) in [5.41, 5.74) is 0.451. The molecule has 0 aliphatic carbocycles. The van der Waals surface area contributed by atoms with Crippen LogP contribution in [-0.4, -0.2) is 10.1 Å². The number of aromatic hydroxyl groups is 1. The SMILES string of the molecule is Oc1c(Br)cc(Br)c(-c2ccc(C(F)(F)F)c3cccnc23)c1Br. The van der Waals surface area contributed by atoms with Gasteiger partial charge in [0.05, 0.1) is 20.0 Å². The Morgan fingerprint density at radius 3 is 2.38 bits per heavy atom. The summed E-state index contributed by atoms with van der Waals surface area (Å²) < 4.78 is 41.1. The number of pyridine rings is 1. The smallest absolute Gasteiger partial charge is 0.417 e. The molecule has 0 saturated carbocycles. The molecule has 2 nitrogen and oxygen atoms in total. The van der Waals surface area contributed by atoms with E-state index in [2.05, 4.69) is 52.8 Å². The Morgan fingerprint density at radius 2 is 1.71 bits per heavy atom. The molecule has 0 saturated heterocycles. The van der Waals surface area contributed by atoms with Gasteiger partial charge in [-0.1, -0.05) is 28.1 Å². The molecule has 3 aromatic rings. The molecule has 0 radical (unpaired) electrons. The van der Waals surface area contributed by atoms with Crippen molar-refractivity contribution in [1.82, 2.24) is 4.98 Å². The number of hydrogen-bond acceptors (Lipinski definition) is 2. The zero-order valence-electron chi connectivity index (χ0n) is 11.6. The van der Waals surface area contributed by atoms with Crippen LogP contribution in [0.1, 0.15) is 5.56 Å². The van der Waals surface area contributed by atoms with Crippen molar-refractivity contribution in [3.8, 4) is 16.9 Å². The molecule has 0 aliphatic rings. The minimum Gasteiger partial charge on any atom is -0.506 e. The van der Waals surface area contributed by atoms with E-state index >= 15 is 0 Å². The number of rotatable bonds is 1. The van der Waals surface area contributed by atoms with E-state index in [4.69, 9.17) is 0 Å². The van der Waals surface area contributed by atoms with Gasteiger partial charge in [-0.2, -0.15) is 13.2 Å². The van der Waals surface area contributed by atoms with Crippen molar-refractivity contribution in [2.45, 2.75) is 6.18 Å². The molecule has 0 amide bonds. The molecule has 1 heterocycles. The van der Waals surface area contributed by atoms with Crippen molar-refractivity contribution in [2.75, 3.05) is 0 Å². The van der Waals surface area contributed by atoms with Crippen molar-refractivity contribution in [3.05, 3.63) is 55.5 Å². The first-order valence-electron chi connectivity index (χ1n) is 6.53. The van der Waals surface area contributed by atoms with E-state index in [-0.39, 0.29) is 16.7 Å². The summed E-state index contributed by atoms with van der Waals surface area (Å²) in [6, 6.07) is 6.86. The number of phenolic OH excluding ortho intramolecular Hbond substituents is 1. The Balaban J connectivity index is 2.41. The highest BCUT2D eigenvalue weighted by Gasteiger charge is 2.33. The van der Waals surface area contributed by atoms with Crippen molar-refractivity contribution in [1.29, 1.82) is 0 Å². The normalized spacial score (nSPS) is 11.9. The second-order valence-corrected chi connectivity index (χ2v) is 7.44. The topological polar surface area (TPSA) is 33.1 Å². The molecule has 0 fully saturated rings. The number of alkyl halides is 3. The molecule has 24 heavy (non-hydrogen) atoms. The third kappa shape index (κ3) is 2.95. The summed E-state index contributed by atoms with van der Waals surface area (Å²) in [7, 11) is 0. The zero-order chi connectivity index (χ0) is 17.6. The van der Waals surface area contributed by atoms with Crippen LogP contribution in [0, 0.1) is 0 Å². The fourth-order valence-electron chi connectivity index (χ4n) is 2.45. The maximum absolute atomic E-state index is 13.2. The van der Waals surface area contributed by atoms with Crippen LogP contribution >= 0.6 is 47.8 Å². The molecule has 3 rings (SSSR count). The van der Waals surface area contributed by atoms with Gasteiger partial charge in [-0.05, 0) is 50.1 Å². The summed E-state index contributed by atoms with van der Waals surface area (Å²) in [6.07, 6.45) is -3.04. The number of aromatic nitrogens is 1. The van der Waals surface area contributed by atoms with E-state index in [1.54, 1.807) is 6.07 Å². The summed E-state index contributed by atoms with van der Waals surface area (Å²) in [4.78, 5) is 4.13. The third-order valence-corrected chi connectivity index (χ3v) is 5.49. The van der Waals surface area contributed by atoms with Gasteiger partial charge < -0.3 is 5.11 Å². The third-order valence-electron chi connectivity index (χ3n) is 3.49. The molecule has 0 atom stereocenters. The van der Waals surface area contributed by atoms with Crippen LogP contribution in [0.15, 0.2) is 49.9 Å². The van der Waals surface area contributed by atoms with E-state index in [1.165, 1.54) is 24.4 Å². The number of hydrogen-bond donors (Lipinski definition) is 1. The average Bonchev–Trinajstić information content (AvgIpc) is 2.51. The van der Waals surface area contributed by atoms with Gasteiger partial charge in [0.2, 0.25) is 0 Å². The second-order valence-electron chi connectivity index (χ2n) is 4.94. The van der Waals surface area contributed by atoms with Crippen LogP contribution in [0.25, 0.3) is 22.0 Å². The standard InChI is InChI=1S/C16H7Br3F3NO/c17-10-6-11(18)15(24)13(19)12(10)8-3-4-9(16(20,21)22)7-2-1-5-23-14(7)8/h1-6,24H. The van der Waals surface area contributed by atoms with Gasteiger partial charge in [-0.3, -0.25) is 4.98 Å². The van der Waals surface area contributed by atoms with Crippen molar-refractivity contribution < 1.29 is 18.3 Å². The highest BCUT2D eigenvalue weighted by atomic mass is 79.9. The molecule has 0 unspecified atom stereocenters. The molecule has 1 N–H and O–H groups in total. The quantitative estimate of drug-likeness (QED) is 0.374. The molecular formula is C16H7Br3F3NO. The number of halogens is 6. The van der Waals surface area contributed by atoms with Gasteiger partial charge in [0.1, 0.15) is 5.75 Å². The Kier molecular flexibility index (Phi) is 4.65. The largest absolute Gasteiger partial charge is 0.506 e. The van der Waals surface area contributed by atoms with E-state index in [0.717, 1.165) is 6.07 Å². The minimum absolute atomic E-state index is 0.00343. The van der Waals surface area contributed by atoms with Gasteiger partial charge in [0.25, 0.3) is 0 Å². The highest BCUT2D eigenvalue weighted by molar-refractivity contribution is 9.11. The number of phenols is 1. The second kappa shape index (κ2) is 6.31. The lowest BCUT2D eigenvalue weighted by Crippen LogP contribution is -2.06. The molecule has 124 valence electrons. The zero-order valence-corrected chi connectivity index (χ0v) is 16.4. The number of nitrogens with zero attached hydrogens (tertiary/aromatic N) is 1. The van der Waals surface area contributed by atoms with Gasteiger partial charge in [-0.15, -0.1) is 0 Å². The first-order chi connectivity index (χ1) is 11.2. The van der Waals surface area contributed by atoms with Crippen molar-refractivity contribution in [3.63, 3.8) is 0 Å². The van der Waals surface area contributed by atoms with Crippen molar-refractivity contribution in [2.24, 2.45) is 0 Å². The van der Waals surface area contributed by atoms with Gasteiger partial charge in [0.15, 0.2) is 0 Å². The first kappa shape index (κ1) is 17.7. The molecule has 0 spiro atoms. The summed E-state index contributed by atoms with van der Waals surface area (Å²) in [5, 5.41) is 10.1. The van der Waals surface area contributed by atoms with E-state index < -0.39 is 11.7 Å². The van der Waals surface area contributed by atoms with E-state index in [0.29, 0.717) is 24.5 Å². The number of fused-ring (bicyclic) bond motifs is 1. The van der Waals surface area contributed by atoms with Crippen LogP contribution in [0.4, 0.5) is 13.2 Å². The maximum Gasteiger partial charge on any atom is 0.417 e. The van der Waals surface area contributed by atoms with Crippen LogP contribution in [0.5, 0.6) is 5.75 Å². The fraction of sp³-hybridized carbons (Fsp3) is 0.0625. The lowest BCUT2D eigenvalue weighted by molar-refractivity contribution is -0.136. The lowest BCUT2D eigenvalue weighted by atomic mass is 9.98. The van der Waals surface area contributed by atoms with E-state index in [1.807, 2.05) is 0 Å². The first-order valence-corrected chi connectivity index (χ1v) is 8.91. The Hall–Kier alpha value is -1.12. The van der Waals surface area contributed by atoms with Crippen LogP contribution < -0.4 is 0 Å². The maximum atomic E-state index is 13.2. The van der Waals surface area contributed by atoms with Crippen LogP contribution in [-0.2, 0) is 6.18 Å². The number of benzene rings is 2. The Morgan fingerprint density at radius 1 is 1.00 bits per heavy atom. The van der Waals surface area contributed by atoms with Crippen LogP contribution in [0.3, 0.4) is 0 Å². The minimum atomic E-state index is -4.48.